The third-order valence-electron chi connectivity index (χ3n) is 4.44. The molecule has 1 aliphatic rings. The van der Waals surface area contributed by atoms with Crippen molar-refractivity contribution >= 4 is 17.3 Å². The van der Waals surface area contributed by atoms with Crippen LogP contribution in [-0.4, -0.2) is 22.9 Å². The number of rotatable bonds is 4. The lowest BCUT2D eigenvalue weighted by Gasteiger charge is -2.21. The van der Waals surface area contributed by atoms with Crippen molar-refractivity contribution in [3.63, 3.8) is 0 Å². The van der Waals surface area contributed by atoms with Crippen molar-refractivity contribution < 1.29 is 4.92 Å². The van der Waals surface area contributed by atoms with Gasteiger partial charge in [-0.25, -0.2) is 0 Å². The van der Waals surface area contributed by atoms with Crippen LogP contribution in [-0.2, 0) is 6.54 Å². The molecular formula is C16H23ClN2O2. The number of nitro groups is 1. The number of benzene rings is 1. The van der Waals surface area contributed by atoms with Crippen molar-refractivity contribution in [2.24, 2.45) is 11.8 Å². The number of nitro benzene ring substituents is 1. The minimum atomic E-state index is -0.364. The van der Waals surface area contributed by atoms with Gasteiger partial charge in [0.05, 0.1) is 4.92 Å². The van der Waals surface area contributed by atoms with E-state index in [4.69, 9.17) is 11.6 Å². The molecule has 0 radical (unpaired) electrons. The Hall–Kier alpha value is -1.13. The maximum atomic E-state index is 10.9. The van der Waals surface area contributed by atoms with E-state index in [2.05, 4.69) is 18.7 Å². The van der Waals surface area contributed by atoms with E-state index in [1.54, 1.807) is 12.1 Å². The average molecular weight is 311 g/mol. The summed E-state index contributed by atoms with van der Waals surface area (Å²) in [5, 5.41) is 11.5. The summed E-state index contributed by atoms with van der Waals surface area (Å²) < 4.78 is 0. The second-order valence-corrected chi connectivity index (χ2v) is 6.65. The smallest absolute Gasteiger partial charge is 0.269 e. The molecule has 1 saturated heterocycles. The molecule has 1 aromatic rings. The molecule has 0 saturated carbocycles. The Balaban J connectivity index is 2.04. The van der Waals surface area contributed by atoms with E-state index in [1.165, 1.54) is 25.3 Å². The van der Waals surface area contributed by atoms with Crippen LogP contribution in [0.3, 0.4) is 0 Å². The van der Waals surface area contributed by atoms with Gasteiger partial charge in [-0.3, -0.25) is 15.0 Å². The Labute approximate surface area is 131 Å². The van der Waals surface area contributed by atoms with E-state index >= 15 is 0 Å². The van der Waals surface area contributed by atoms with Gasteiger partial charge in [-0.2, -0.15) is 0 Å². The van der Waals surface area contributed by atoms with Gasteiger partial charge in [0.15, 0.2) is 0 Å². The Kier molecular flexibility index (Phi) is 5.59. The largest absolute Gasteiger partial charge is 0.299 e. The zero-order valence-corrected chi connectivity index (χ0v) is 13.5. The standard InChI is InChI=1S/C16H23ClN2O2/c1-12(2)13-4-3-8-18(9-7-13)11-14-10-15(19(20)21)5-6-16(14)17/h5-6,10,12-13H,3-4,7-9,11H2,1-2H3. The Morgan fingerprint density at radius 1 is 1.38 bits per heavy atom. The highest BCUT2D eigenvalue weighted by atomic mass is 35.5. The Morgan fingerprint density at radius 2 is 2.14 bits per heavy atom. The first kappa shape index (κ1) is 16.2. The molecule has 0 bridgehead atoms. The zero-order chi connectivity index (χ0) is 15.4. The van der Waals surface area contributed by atoms with Crippen molar-refractivity contribution in [2.45, 2.75) is 39.7 Å². The van der Waals surface area contributed by atoms with Gasteiger partial charge < -0.3 is 0 Å². The first-order chi connectivity index (χ1) is 9.97. The van der Waals surface area contributed by atoms with Crippen LogP contribution in [0.5, 0.6) is 0 Å². The fourth-order valence-corrected chi connectivity index (χ4v) is 3.22. The van der Waals surface area contributed by atoms with Crippen LogP contribution in [0, 0.1) is 22.0 Å². The molecule has 1 unspecified atom stereocenters. The number of nitrogens with zero attached hydrogens (tertiary/aromatic N) is 2. The van der Waals surface area contributed by atoms with Crippen molar-refractivity contribution in [1.29, 1.82) is 0 Å². The summed E-state index contributed by atoms with van der Waals surface area (Å²) in [5.74, 6) is 1.52. The van der Waals surface area contributed by atoms with Gasteiger partial charge >= 0.3 is 0 Å². The highest BCUT2D eigenvalue weighted by molar-refractivity contribution is 6.31. The van der Waals surface area contributed by atoms with E-state index in [-0.39, 0.29) is 10.6 Å². The van der Waals surface area contributed by atoms with Gasteiger partial charge in [-0.05, 0) is 55.8 Å². The summed E-state index contributed by atoms with van der Waals surface area (Å²) in [6.07, 6.45) is 3.66. The lowest BCUT2D eigenvalue weighted by molar-refractivity contribution is -0.384. The highest BCUT2D eigenvalue weighted by Crippen LogP contribution is 2.27. The molecule has 1 aromatic carbocycles. The number of hydrogen-bond donors (Lipinski definition) is 0. The van der Waals surface area contributed by atoms with Gasteiger partial charge in [0.1, 0.15) is 0 Å². The minimum absolute atomic E-state index is 0.115. The van der Waals surface area contributed by atoms with E-state index < -0.39 is 0 Å². The highest BCUT2D eigenvalue weighted by Gasteiger charge is 2.20. The van der Waals surface area contributed by atoms with Crippen molar-refractivity contribution in [3.8, 4) is 0 Å². The molecule has 21 heavy (non-hydrogen) atoms. The second-order valence-electron chi connectivity index (χ2n) is 6.24. The number of hydrogen-bond acceptors (Lipinski definition) is 3. The lowest BCUT2D eigenvalue weighted by atomic mass is 9.89. The fraction of sp³-hybridized carbons (Fsp3) is 0.625. The SMILES string of the molecule is CC(C)C1CCCN(Cc2cc([N+](=O)[O-])ccc2Cl)CC1. The molecule has 2 rings (SSSR count). The number of halogens is 1. The average Bonchev–Trinajstić information content (AvgIpc) is 2.66. The van der Waals surface area contributed by atoms with Gasteiger partial charge in [0.2, 0.25) is 0 Å². The molecule has 1 atom stereocenters. The second kappa shape index (κ2) is 7.23. The van der Waals surface area contributed by atoms with Gasteiger partial charge in [0, 0.05) is 23.7 Å². The Bertz CT molecular complexity index is 505. The molecule has 0 N–H and O–H groups in total. The third kappa shape index (κ3) is 4.42. The summed E-state index contributed by atoms with van der Waals surface area (Å²) in [5.41, 5.74) is 0.971. The molecule has 0 spiro atoms. The monoisotopic (exact) mass is 310 g/mol. The van der Waals surface area contributed by atoms with Crippen LogP contribution < -0.4 is 0 Å². The van der Waals surface area contributed by atoms with Crippen LogP contribution in [0.15, 0.2) is 18.2 Å². The number of non-ortho nitro benzene ring substituents is 1. The molecule has 4 nitrogen and oxygen atoms in total. The predicted octanol–water partition coefficient (Wildman–Crippen LogP) is 4.51. The van der Waals surface area contributed by atoms with Crippen molar-refractivity contribution in [2.75, 3.05) is 13.1 Å². The topological polar surface area (TPSA) is 46.4 Å². The van der Waals surface area contributed by atoms with Crippen molar-refractivity contribution in [3.05, 3.63) is 38.9 Å². The van der Waals surface area contributed by atoms with Crippen molar-refractivity contribution in [1.82, 2.24) is 4.90 Å². The maximum absolute atomic E-state index is 10.9. The lowest BCUT2D eigenvalue weighted by Crippen LogP contribution is -2.24. The molecule has 0 amide bonds. The third-order valence-corrected chi connectivity index (χ3v) is 4.81. The van der Waals surface area contributed by atoms with E-state index in [0.29, 0.717) is 11.6 Å². The van der Waals surface area contributed by atoms with Gasteiger partial charge in [-0.15, -0.1) is 0 Å². The quantitative estimate of drug-likeness (QED) is 0.607. The summed E-state index contributed by atoms with van der Waals surface area (Å²) in [6.45, 7) is 7.37. The first-order valence-electron chi connectivity index (χ1n) is 7.62. The molecule has 1 aliphatic heterocycles. The maximum Gasteiger partial charge on any atom is 0.269 e. The summed E-state index contributed by atoms with van der Waals surface area (Å²) in [7, 11) is 0. The summed E-state index contributed by atoms with van der Waals surface area (Å²) in [4.78, 5) is 12.9. The van der Waals surface area contributed by atoms with Crippen LogP contribution in [0.2, 0.25) is 5.02 Å². The summed E-state index contributed by atoms with van der Waals surface area (Å²) in [6, 6.07) is 4.69. The van der Waals surface area contributed by atoms with Crippen LogP contribution in [0.4, 0.5) is 5.69 Å². The zero-order valence-electron chi connectivity index (χ0n) is 12.7. The Morgan fingerprint density at radius 3 is 2.81 bits per heavy atom. The van der Waals surface area contributed by atoms with Crippen LogP contribution >= 0.6 is 11.6 Å². The molecular weight excluding hydrogens is 288 g/mol. The van der Waals surface area contributed by atoms with Gasteiger partial charge in [0.25, 0.3) is 5.69 Å². The molecule has 1 heterocycles. The minimum Gasteiger partial charge on any atom is -0.299 e. The van der Waals surface area contributed by atoms with E-state index in [9.17, 15) is 10.1 Å². The molecule has 116 valence electrons. The van der Waals surface area contributed by atoms with Crippen LogP contribution in [0.1, 0.15) is 38.7 Å². The van der Waals surface area contributed by atoms with Gasteiger partial charge in [-0.1, -0.05) is 25.4 Å². The summed E-state index contributed by atoms with van der Waals surface area (Å²) >= 11 is 6.19. The molecule has 5 heteroatoms. The fourth-order valence-electron chi connectivity index (χ4n) is 3.04. The molecule has 0 aromatic heterocycles. The normalized spacial score (nSPS) is 20.5. The number of likely N-dealkylation sites (tertiary alicyclic amines) is 1. The van der Waals surface area contributed by atoms with E-state index in [0.717, 1.165) is 30.5 Å². The van der Waals surface area contributed by atoms with Crippen LogP contribution in [0.25, 0.3) is 0 Å². The molecule has 0 aliphatic carbocycles. The first-order valence-corrected chi connectivity index (χ1v) is 8.00. The molecule has 1 fully saturated rings. The predicted molar refractivity (Wildman–Crippen MR) is 85.6 cm³/mol. The van der Waals surface area contributed by atoms with E-state index in [1.807, 2.05) is 0 Å².